The minimum absolute atomic E-state index is 0.112. The molecule has 4 rings (SSSR count). The number of nitrogens with zero attached hydrogens (tertiary/aromatic N) is 3. The van der Waals surface area contributed by atoms with E-state index in [1.54, 1.807) is 0 Å². The summed E-state index contributed by atoms with van der Waals surface area (Å²) in [7, 11) is 0. The normalized spacial score (nSPS) is 11.2. The van der Waals surface area contributed by atoms with E-state index >= 15 is 0 Å². The summed E-state index contributed by atoms with van der Waals surface area (Å²) in [4.78, 5) is 27.1. The van der Waals surface area contributed by atoms with Crippen LogP contribution >= 0.6 is 0 Å². The molecule has 0 amide bonds. The van der Waals surface area contributed by atoms with Gasteiger partial charge in [0, 0.05) is 17.1 Å². The number of para-hydroxylation sites is 1. The predicted octanol–water partition coefficient (Wildman–Crippen LogP) is 3.41. The second kappa shape index (κ2) is 5.55. The lowest BCUT2D eigenvalue weighted by atomic mass is 10.1. The maximum absolute atomic E-state index is 12.3. The molecule has 7 nitrogen and oxygen atoms in total. The van der Waals surface area contributed by atoms with Crippen LogP contribution in [0.25, 0.3) is 22.0 Å². The number of hydrogen-bond donors (Lipinski definition) is 0. The molecule has 0 saturated heterocycles. The molecule has 0 N–H and O–H groups in total. The van der Waals surface area contributed by atoms with Gasteiger partial charge in [0.1, 0.15) is 0 Å². The first-order chi connectivity index (χ1) is 12.0. The Labute approximate surface area is 141 Å². The Hall–Kier alpha value is -3.48. The van der Waals surface area contributed by atoms with E-state index in [-0.39, 0.29) is 11.3 Å². The Kier molecular flexibility index (Phi) is 3.35. The summed E-state index contributed by atoms with van der Waals surface area (Å²) in [5.74, 6) is -0.547. The van der Waals surface area contributed by atoms with Gasteiger partial charge < -0.3 is 4.42 Å². The maximum Gasteiger partial charge on any atom is 0.420 e. The van der Waals surface area contributed by atoms with E-state index in [1.165, 1.54) is 22.8 Å². The van der Waals surface area contributed by atoms with Crippen LogP contribution in [0.4, 0.5) is 5.69 Å². The minimum Gasteiger partial charge on any atom is -0.407 e. The maximum atomic E-state index is 12.3. The van der Waals surface area contributed by atoms with E-state index in [4.69, 9.17) is 4.42 Å². The van der Waals surface area contributed by atoms with Crippen molar-refractivity contribution in [2.75, 3.05) is 0 Å². The molecule has 0 fully saturated rings. The van der Waals surface area contributed by atoms with E-state index in [2.05, 4.69) is 4.98 Å². The molecule has 0 aliphatic heterocycles. The van der Waals surface area contributed by atoms with Crippen molar-refractivity contribution in [3.05, 3.63) is 80.5 Å². The first-order valence-corrected chi connectivity index (χ1v) is 7.66. The molecule has 0 bridgehead atoms. The third-order valence-corrected chi connectivity index (χ3v) is 4.12. The lowest BCUT2D eigenvalue weighted by molar-refractivity contribution is -0.384. The van der Waals surface area contributed by atoms with Crippen LogP contribution in [0.15, 0.2) is 57.7 Å². The van der Waals surface area contributed by atoms with Crippen LogP contribution in [0.1, 0.15) is 11.3 Å². The minimum atomic E-state index is -0.547. The zero-order valence-corrected chi connectivity index (χ0v) is 13.3. The second-order valence-corrected chi connectivity index (χ2v) is 5.80. The number of hydrogen-bond acceptors (Lipinski definition) is 5. The Morgan fingerprint density at radius 1 is 1.20 bits per heavy atom. The first-order valence-electron chi connectivity index (χ1n) is 7.66. The molecule has 124 valence electrons. The number of oxazole rings is 1. The second-order valence-electron chi connectivity index (χ2n) is 5.80. The van der Waals surface area contributed by atoms with Crippen LogP contribution in [0.3, 0.4) is 0 Å². The van der Waals surface area contributed by atoms with Gasteiger partial charge in [-0.1, -0.05) is 18.2 Å². The SMILES string of the molecule is Cc1cc(Cn2c(=O)oc3cc([N+](=O)[O-])ccc32)c2ccccc2n1. The van der Waals surface area contributed by atoms with Crippen molar-refractivity contribution < 1.29 is 9.34 Å². The fourth-order valence-corrected chi connectivity index (χ4v) is 3.01. The van der Waals surface area contributed by atoms with Gasteiger partial charge in [0.2, 0.25) is 0 Å². The number of pyridine rings is 1. The molecule has 0 aliphatic carbocycles. The van der Waals surface area contributed by atoms with Crippen molar-refractivity contribution in [1.29, 1.82) is 0 Å². The molecule has 2 aromatic carbocycles. The van der Waals surface area contributed by atoms with Gasteiger partial charge in [0.25, 0.3) is 5.69 Å². The highest BCUT2D eigenvalue weighted by molar-refractivity contribution is 5.83. The van der Waals surface area contributed by atoms with Gasteiger partial charge in [0.05, 0.1) is 28.6 Å². The molecule has 0 atom stereocenters. The number of nitro groups is 1. The van der Waals surface area contributed by atoms with Crippen LogP contribution in [0.5, 0.6) is 0 Å². The van der Waals surface area contributed by atoms with Gasteiger partial charge in [-0.25, -0.2) is 4.79 Å². The fourth-order valence-electron chi connectivity index (χ4n) is 3.01. The standard InChI is InChI=1S/C18H13N3O4/c1-11-8-12(14-4-2-3-5-15(14)19-11)10-20-16-7-6-13(21(23)24)9-17(16)25-18(20)22/h2-9H,10H2,1H3. The number of benzene rings is 2. The van der Waals surface area contributed by atoms with Crippen molar-refractivity contribution in [2.24, 2.45) is 0 Å². The van der Waals surface area contributed by atoms with Crippen LogP contribution in [-0.2, 0) is 6.54 Å². The molecule has 0 aliphatic rings. The molecule has 7 heteroatoms. The largest absolute Gasteiger partial charge is 0.420 e. The Morgan fingerprint density at radius 3 is 2.80 bits per heavy atom. The quantitative estimate of drug-likeness (QED) is 0.423. The molecule has 2 aromatic heterocycles. The Balaban J connectivity index is 1.88. The summed E-state index contributed by atoms with van der Waals surface area (Å²) in [5, 5.41) is 11.8. The van der Waals surface area contributed by atoms with Crippen LogP contribution in [0.2, 0.25) is 0 Å². The first kappa shape index (κ1) is 15.1. The summed E-state index contributed by atoms with van der Waals surface area (Å²) in [6.07, 6.45) is 0. The average Bonchev–Trinajstić information content (AvgIpc) is 2.89. The van der Waals surface area contributed by atoms with Crippen LogP contribution < -0.4 is 5.76 Å². The molecular formula is C18H13N3O4. The summed E-state index contributed by atoms with van der Waals surface area (Å²) < 4.78 is 6.66. The van der Waals surface area contributed by atoms with Crippen LogP contribution in [-0.4, -0.2) is 14.5 Å². The Morgan fingerprint density at radius 2 is 2.00 bits per heavy atom. The van der Waals surface area contributed by atoms with E-state index in [0.717, 1.165) is 22.2 Å². The van der Waals surface area contributed by atoms with E-state index in [0.29, 0.717) is 12.1 Å². The summed E-state index contributed by atoms with van der Waals surface area (Å²) in [6, 6.07) is 13.8. The van der Waals surface area contributed by atoms with Crippen molar-refractivity contribution in [3.8, 4) is 0 Å². The zero-order valence-electron chi connectivity index (χ0n) is 13.3. The van der Waals surface area contributed by atoms with E-state index < -0.39 is 10.7 Å². The molecule has 4 aromatic rings. The summed E-state index contributed by atoms with van der Waals surface area (Å²) in [6.45, 7) is 2.20. The third kappa shape index (κ3) is 2.55. The monoisotopic (exact) mass is 335 g/mol. The van der Waals surface area contributed by atoms with Crippen molar-refractivity contribution in [1.82, 2.24) is 9.55 Å². The van der Waals surface area contributed by atoms with Crippen molar-refractivity contribution in [3.63, 3.8) is 0 Å². The highest BCUT2D eigenvalue weighted by Crippen LogP contribution is 2.23. The summed E-state index contributed by atoms with van der Waals surface area (Å²) >= 11 is 0. The molecule has 0 radical (unpaired) electrons. The number of rotatable bonds is 3. The lowest BCUT2D eigenvalue weighted by Gasteiger charge is -2.08. The van der Waals surface area contributed by atoms with E-state index in [9.17, 15) is 14.9 Å². The van der Waals surface area contributed by atoms with Gasteiger partial charge in [-0.15, -0.1) is 0 Å². The Bertz CT molecular complexity index is 1190. The highest BCUT2D eigenvalue weighted by atomic mass is 16.6. The molecular weight excluding hydrogens is 322 g/mol. The topological polar surface area (TPSA) is 91.2 Å². The molecule has 2 heterocycles. The fraction of sp³-hybridized carbons (Fsp3) is 0.111. The van der Waals surface area contributed by atoms with Gasteiger partial charge in [-0.05, 0) is 30.7 Å². The van der Waals surface area contributed by atoms with Gasteiger partial charge in [0.15, 0.2) is 5.58 Å². The van der Waals surface area contributed by atoms with E-state index in [1.807, 2.05) is 37.3 Å². The van der Waals surface area contributed by atoms with Gasteiger partial charge in [-0.2, -0.15) is 0 Å². The predicted molar refractivity (Wildman–Crippen MR) is 92.7 cm³/mol. The van der Waals surface area contributed by atoms with Crippen molar-refractivity contribution >= 4 is 27.7 Å². The molecule has 25 heavy (non-hydrogen) atoms. The number of fused-ring (bicyclic) bond motifs is 2. The number of nitro benzene ring substituents is 1. The number of non-ortho nitro benzene ring substituents is 1. The number of aryl methyl sites for hydroxylation is 1. The summed E-state index contributed by atoms with van der Waals surface area (Å²) in [5.41, 5.74) is 3.26. The average molecular weight is 335 g/mol. The van der Waals surface area contributed by atoms with Gasteiger partial charge in [-0.3, -0.25) is 19.7 Å². The molecule has 0 saturated carbocycles. The highest BCUT2D eigenvalue weighted by Gasteiger charge is 2.15. The van der Waals surface area contributed by atoms with Crippen LogP contribution in [0, 0.1) is 17.0 Å². The zero-order chi connectivity index (χ0) is 17.6. The van der Waals surface area contributed by atoms with Crippen molar-refractivity contribution in [2.45, 2.75) is 13.5 Å². The number of aromatic nitrogens is 2. The molecule has 0 spiro atoms. The molecule has 0 unspecified atom stereocenters. The third-order valence-electron chi connectivity index (χ3n) is 4.12. The smallest absolute Gasteiger partial charge is 0.407 e. The van der Waals surface area contributed by atoms with Gasteiger partial charge >= 0.3 is 5.76 Å². The lowest BCUT2D eigenvalue weighted by Crippen LogP contribution is -2.15.